The van der Waals surface area contributed by atoms with Gasteiger partial charge in [-0.3, -0.25) is 0 Å². The molecule has 3 N–H and O–H groups in total. The number of aliphatic hydroxyl groups excluding tert-OH is 1. The van der Waals surface area contributed by atoms with E-state index in [1.54, 1.807) is 0 Å². The van der Waals surface area contributed by atoms with E-state index in [-0.39, 0.29) is 31.7 Å². The second kappa shape index (κ2) is 6.85. The van der Waals surface area contributed by atoms with E-state index in [9.17, 15) is 18.0 Å². The maximum atomic E-state index is 12.8. The van der Waals surface area contributed by atoms with Crippen molar-refractivity contribution in [3.8, 4) is 0 Å². The monoisotopic (exact) mass is 262 g/mol. The van der Waals surface area contributed by atoms with Crippen LogP contribution in [0.3, 0.4) is 0 Å². The summed E-state index contributed by atoms with van der Waals surface area (Å²) in [6, 6.07) is 1.27. The fraction of sp³-hybridized carbons (Fsp3) is 0.364. The minimum absolute atomic E-state index is 0.117. The molecule has 0 bridgehead atoms. The second-order valence-electron chi connectivity index (χ2n) is 3.53. The predicted molar refractivity (Wildman–Crippen MR) is 58.5 cm³/mol. The normalized spacial score (nSPS) is 10.2. The Kier molecular flexibility index (Phi) is 5.44. The van der Waals surface area contributed by atoms with Crippen LogP contribution in [-0.4, -0.2) is 30.8 Å². The van der Waals surface area contributed by atoms with Gasteiger partial charge in [-0.05, 0) is 24.1 Å². The summed E-state index contributed by atoms with van der Waals surface area (Å²) >= 11 is 0. The van der Waals surface area contributed by atoms with Gasteiger partial charge in [0, 0.05) is 13.1 Å². The van der Waals surface area contributed by atoms with Gasteiger partial charge in [0.25, 0.3) is 0 Å². The molecule has 0 radical (unpaired) electrons. The molecule has 0 atom stereocenters. The van der Waals surface area contributed by atoms with Crippen molar-refractivity contribution in [2.24, 2.45) is 0 Å². The molecule has 0 aliphatic carbocycles. The molecule has 7 heteroatoms. The van der Waals surface area contributed by atoms with Crippen molar-refractivity contribution in [2.45, 2.75) is 6.42 Å². The smallest absolute Gasteiger partial charge is 0.314 e. The highest BCUT2D eigenvalue weighted by molar-refractivity contribution is 5.73. The van der Waals surface area contributed by atoms with Gasteiger partial charge in [-0.2, -0.15) is 0 Å². The fourth-order valence-electron chi connectivity index (χ4n) is 1.30. The van der Waals surface area contributed by atoms with Crippen LogP contribution in [0.5, 0.6) is 0 Å². The zero-order valence-corrected chi connectivity index (χ0v) is 9.47. The summed E-state index contributed by atoms with van der Waals surface area (Å²) in [4.78, 5) is 11.0. The molecule has 0 unspecified atom stereocenters. The number of benzene rings is 1. The molecule has 1 rings (SSSR count). The van der Waals surface area contributed by atoms with Gasteiger partial charge < -0.3 is 15.7 Å². The van der Waals surface area contributed by atoms with Crippen molar-refractivity contribution in [3.05, 3.63) is 35.1 Å². The van der Waals surface area contributed by atoms with Crippen molar-refractivity contribution in [2.75, 3.05) is 19.7 Å². The van der Waals surface area contributed by atoms with Crippen LogP contribution in [0.2, 0.25) is 0 Å². The molecule has 2 amide bonds. The van der Waals surface area contributed by atoms with Gasteiger partial charge in [0.2, 0.25) is 0 Å². The average molecular weight is 262 g/mol. The van der Waals surface area contributed by atoms with E-state index in [0.29, 0.717) is 0 Å². The fourth-order valence-corrected chi connectivity index (χ4v) is 1.30. The number of halogens is 3. The van der Waals surface area contributed by atoms with Gasteiger partial charge in [-0.15, -0.1) is 0 Å². The summed E-state index contributed by atoms with van der Waals surface area (Å²) in [6.07, 6.45) is 0.167. The lowest BCUT2D eigenvalue weighted by Crippen LogP contribution is -2.37. The number of hydrogen-bond acceptors (Lipinski definition) is 2. The lowest BCUT2D eigenvalue weighted by Gasteiger charge is -2.07. The largest absolute Gasteiger partial charge is 0.395 e. The number of nitrogens with one attached hydrogen (secondary N) is 2. The molecule has 0 spiro atoms. The number of carbonyl (C=O) groups excluding carboxylic acids is 1. The minimum Gasteiger partial charge on any atom is -0.395 e. The van der Waals surface area contributed by atoms with Crippen molar-refractivity contribution in [1.82, 2.24) is 10.6 Å². The van der Waals surface area contributed by atoms with Crippen LogP contribution >= 0.6 is 0 Å². The third-order valence-electron chi connectivity index (χ3n) is 2.14. The Morgan fingerprint density at radius 1 is 1.11 bits per heavy atom. The van der Waals surface area contributed by atoms with Crippen LogP contribution in [0.1, 0.15) is 5.56 Å². The lowest BCUT2D eigenvalue weighted by atomic mass is 10.1. The molecular formula is C11H13F3N2O2. The van der Waals surface area contributed by atoms with Gasteiger partial charge in [0.1, 0.15) is 0 Å². The zero-order chi connectivity index (χ0) is 13.5. The van der Waals surface area contributed by atoms with Gasteiger partial charge in [0.05, 0.1) is 6.61 Å². The topological polar surface area (TPSA) is 61.4 Å². The molecule has 18 heavy (non-hydrogen) atoms. The van der Waals surface area contributed by atoms with E-state index < -0.39 is 23.5 Å². The van der Waals surface area contributed by atoms with E-state index in [1.807, 2.05) is 0 Å². The van der Waals surface area contributed by atoms with Gasteiger partial charge in [0.15, 0.2) is 17.5 Å². The lowest BCUT2D eigenvalue weighted by molar-refractivity contribution is 0.234. The van der Waals surface area contributed by atoms with E-state index in [4.69, 9.17) is 5.11 Å². The molecular weight excluding hydrogens is 249 g/mol. The molecule has 0 aliphatic rings. The van der Waals surface area contributed by atoms with Crippen LogP contribution in [0.15, 0.2) is 12.1 Å². The van der Waals surface area contributed by atoms with Gasteiger partial charge in [-0.25, -0.2) is 18.0 Å². The number of urea groups is 1. The molecule has 0 saturated heterocycles. The summed E-state index contributed by atoms with van der Waals surface area (Å²) in [6.45, 7) is 0.0786. The third-order valence-corrected chi connectivity index (χ3v) is 2.14. The van der Waals surface area contributed by atoms with Gasteiger partial charge >= 0.3 is 6.03 Å². The molecule has 4 nitrogen and oxygen atoms in total. The molecule has 1 aromatic carbocycles. The predicted octanol–water partition coefficient (Wildman–Crippen LogP) is 0.938. The Hall–Kier alpha value is -1.76. The highest BCUT2D eigenvalue weighted by atomic mass is 19.2. The summed E-state index contributed by atoms with van der Waals surface area (Å²) in [5.74, 6) is -4.02. The summed E-state index contributed by atoms with van der Waals surface area (Å²) in [5.41, 5.74) is 0.244. The Balaban J connectivity index is 2.42. The van der Waals surface area contributed by atoms with E-state index >= 15 is 0 Å². The summed E-state index contributed by atoms with van der Waals surface area (Å²) in [5, 5.41) is 13.2. The van der Waals surface area contributed by atoms with E-state index in [1.165, 1.54) is 0 Å². The highest BCUT2D eigenvalue weighted by Crippen LogP contribution is 2.13. The first-order chi connectivity index (χ1) is 8.54. The number of amides is 2. The first-order valence-corrected chi connectivity index (χ1v) is 5.30. The van der Waals surface area contributed by atoms with Crippen LogP contribution in [0.4, 0.5) is 18.0 Å². The molecule has 0 aromatic heterocycles. The SMILES string of the molecule is O=C(NCCO)NCCc1cc(F)c(F)c(F)c1. The molecule has 1 aromatic rings. The molecule has 100 valence electrons. The van der Waals surface area contributed by atoms with Crippen LogP contribution in [0, 0.1) is 17.5 Å². The first-order valence-electron chi connectivity index (χ1n) is 5.30. The van der Waals surface area contributed by atoms with Crippen molar-refractivity contribution >= 4 is 6.03 Å². The van der Waals surface area contributed by atoms with Crippen LogP contribution in [0.25, 0.3) is 0 Å². The quantitative estimate of drug-likeness (QED) is 0.691. The Morgan fingerprint density at radius 2 is 1.67 bits per heavy atom. The Labute approximate surface area is 102 Å². The highest BCUT2D eigenvalue weighted by Gasteiger charge is 2.10. The Bertz CT molecular complexity index is 404. The molecule has 0 heterocycles. The van der Waals surface area contributed by atoms with E-state index in [2.05, 4.69) is 10.6 Å². The minimum atomic E-state index is -1.51. The summed E-state index contributed by atoms with van der Waals surface area (Å²) < 4.78 is 38.3. The Morgan fingerprint density at radius 3 is 2.22 bits per heavy atom. The van der Waals surface area contributed by atoms with E-state index in [0.717, 1.165) is 12.1 Å². The van der Waals surface area contributed by atoms with Gasteiger partial charge in [-0.1, -0.05) is 0 Å². The number of hydrogen-bond donors (Lipinski definition) is 3. The molecule has 0 saturated carbocycles. The maximum Gasteiger partial charge on any atom is 0.314 e. The summed E-state index contributed by atoms with van der Waals surface area (Å²) in [7, 11) is 0. The number of aliphatic hydroxyl groups is 1. The maximum absolute atomic E-state index is 12.8. The zero-order valence-electron chi connectivity index (χ0n) is 9.47. The van der Waals surface area contributed by atoms with Crippen LogP contribution < -0.4 is 10.6 Å². The van der Waals surface area contributed by atoms with Crippen LogP contribution in [-0.2, 0) is 6.42 Å². The number of carbonyl (C=O) groups is 1. The first kappa shape index (κ1) is 14.3. The second-order valence-corrected chi connectivity index (χ2v) is 3.53. The van der Waals surface area contributed by atoms with Crippen molar-refractivity contribution in [3.63, 3.8) is 0 Å². The molecule has 0 aliphatic heterocycles. The average Bonchev–Trinajstić information content (AvgIpc) is 2.33. The third kappa shape index (κ3) is 4.25. The van der Waals surface area contributed by atoms with Crippen molar-refractivity contribution < 1.29 is 23.1 Å². The molecule has 0 fully saturated rings. The number of rotatable bonds is 5. The van der Waals surface area contributed by atoms with Crippen molar-refractivity contribution in [1.29, 1.82) is 0 Å². The standard InChI is InChI=1S/C11H13F3N2O2/c12-8-5-7(6-9(13)10(8)14)1-2-15-11(18)16-3-4-17/h5-6,17H,1-4H2,(H2,15,16,18).